The lowest BCUT2D eigenvalue weighted by atomic mass is 9.77. The van der Waals surface area contributed by atoms with E-state index in [2.05, 4.69) is 32.2 Å². The molecule has 0 bridgehead atoms. The summed E-state index contributed by atoms with van der Waals surface area (Å²) in [5, 5.41) is 14.7. The third kappa shape index (κ3) is 3.89. The smallest absolute Gasteiger partial charge is 0.123 e. The summed E-state index contributed by atoms with van der Waals surface area (Å²) < 4.78 is 0. The zero-order chi connectivity index (χ0) is 17.8. The number of rotatable bonds is 8. The molecule has 0 radical (unpaired) electrons. The maximum absolute atomic E-state index is 10.8. The molecule has 2 nitrogen and oxygen atoms in total. The molecule has 0 aromatic heterocycles. The lowest BCUT2D eigenvalue weighted by Crippen LogP contribution is -2.29. The molecule has 0 amide bonds. The molecule has 3 atom stereocenters. The van der Waals surface area contributed by atoms with E-state index >= 15 is 0 Å². The molecule has 1 aromatic rings. The van der Waals surface area contributed by atoms with Crippen LogP contribution in [0.1, 0.15) is 105 Å². The number of hydrogen-bond acceptors (Lipinski definition) is 2. The summed E-state index contributed by atoms with van der Waals surface area (Å²) in [7, 11) is 0. The Balaban J connectivity index is 1.69. The first-order chi connectivity index (χ1) is 12.1. The average Bonchev–Trinajstić information content (AvgIpc) is 2.94. The molecule has 25 heavy (non-hydrogen) atoms. The first-order valence-corrected chi connectivity index (χ1v) is 10.7. The quantitative estimate of drug-likeness (QED) is 0.544. The number of phenols is 1. The van der Waals surface area contributed by atoms with Gasteiger partial charge in [-0.15, -0.1) is 0 Å². The number of phenolic OH excluding ortho intramolecular Hbond substituents is 1. The Morgan fingerprint density at radius 1 is 0.960 bits per heavy atom. The van der Waals surface area contributed by atoms with Gasteiger partial charge < -0.3 is 10.4 Å². The SMILES string of the molecule is CCCCCCCCNC1c2c(O)c(C)cc(C)c2C2CCCCC21. The highest BCUT2D eigenvalue weighted by Gasteiger charge is 2.44. The minimum Gasteiger partial charge on any atom is -0.507 e. The minimum atomic E-state index is 0.370. The Kier molecular flexibility index (Phi) is 6.44. The summed E-state index contributed by atoms with van der Waals surface area (Å²) in [5.41, 5.74) is 5.17. The maximum atomic E-state index is 10.8. The predicted molar refractivity (Wildman–Crippen MR) is 106 cm³/mol. The standard InChI is InChI=1S/C23H37NO/c1-4-5-6-7-8-11-14-24-22-19-13-10-9-12-18(19)20-16(2)15-17(3)23(25)21(20)22/h15,18-19,22,24-25H,4-14H2,1-3H3. The fraction of sp³-hybridized carbons (Fsp3) is 0.739. The van der Waals surface area contributed by atoms with E-state index in [4.69, 9.17) is 0 Å². The zero-order valence-corrected chi connectivity index (χ0v) is 16.5. The Hall–Kier alpha value is -1.02. The first-order valence-electron chi connectivity index (χ1n) is 10.7. The summed E-state index contributed by atoms with van der Waals surface area (Å²) in [6.45, 7) is 7.66. The predicted octanol–water partition coefficient (Wildman–Crippen LogP) is 6.29. The van der Waals surface area contributed by atoms with Gasteiger partial charge in [0.2, 0.25) is 0 Å². The van der Waals surface area contributed by atoms with Crippen molar-refractivity contribution in [1.29, 1.82) is 0 Å². The molecule has 2 heteroatoms. The van der Waals surface area contributed by atoms with E-state index in [-0.39, 0.29) is 0 Å². The monoisotopic (exact) mass is 343 g/mol. The number of hydrogen-bond donors (Lipinski definition) is 2. The van der Waals surface area contributed by atoms with E-state index in [0.29, 0.717) is 23.6 Å². The second-order valence-electron chi connectivity index (χ2n) is 8.44. The van der Waals surface area contributed by atoms with E-state index in [9.17, 15) is 5.11 Å². The fourth-order valence-corrected chi connectivity index (χ4v) is 5.38. The minimum absolute atomic E-state index is 0.370. The van der Waals surface area contributed by atoms with Gasteiger partial charge in [-0.2, -0.15) is 0 Å². The molecule has 2 N–H and O–H groups in total. The van der Waals surface area contributed by atoms with Crippen molar-refractivity contribution in [2.75, 3.05) is 6.54 Å². The Morgan fingerprint density at radius 3 is 2.48 bits per heavy atom. The Morgan fingerprint density at radius 2 is 1.68 bits per heavy atom. The van der Waals surface area contributed by atoms with Crippen molar-refractivity contribution in [1.82, 2.24) is 5.32 Å². The van der Waals surface area contributed by atoms with Crippen molar-refractivity contribution >= 4 is 0 Å². The van der Waals surface area contributed by atoms with Crippen molar-refractivity contribution in [3.05, 3.63) is 28.3 Å². The van der Waals surface area contributed by atoms with Crippen LogP contribution in [0.25, 0.3) is 0 Å². The third-order valence-corrected chi connectivity index (χ3v) is 6.60. The van der Waals surface area contributed by atoms with Crippen LogP contribution < -0.4 is 5.32 Å². The number of aromatic hydroxyl groups is 1. The fourth-order valence-electron chi connectivity index (χ4n) is 5.38. The van der Waals surface area contributed by atoms with Crippen molar-refractivity contribution in [2.24, 2.45) is 5.92 Å². The molecular weight excluding hydrogens is 306 g/mol. The van der Waals surface area contributed by atoms with Gasteiger partial charge in [-0.05, 0) is 68.2 Å². The number of benzene rings is 1. The average molecular weight is 344 g/mol. The lowest BCUT2D eigenvalue weighted by Gasteiger charge is -2.30. The summed E-state index contributed by atoms with van der Waals surface area (Å²) in [5.74, 6) is 1.92. The first kappa shape index (κ1) is 18.8. The second kappa shape index (κ2) is 8.58. The molecule has 0 heterocycles. The van der Waals surface area contributed by atoms with Crippen LogP contribution in [0, 0.1) is 19.8 Å². The maximum Gasteiger partial charge on any atom is 0.123 e. The molecule has 0 aliphatic heterocycles. The molecule has 1 saturated carbocycles. The van der Waals surface area contributed by atoms with Gasteiger partial charge in [-0.1, -0.05) is 57.9 Å². The third-order valence-electron chi connectivity index (χ3n) is 6.60. The molecule has 1 aromatic carbocycles. The number of unbranched alkanes of at least 4 members (excludes halogenated alkanes) is 5. The van der Waals surface area contributed by atoms with Gasteiger partial charge >= 0.3 is 0 Å². The van der Waals surface area contributed by atoms with Crippen molar-refractivity contribution in [3.63, 3.8) is 0 Å². The molecule has 3 rings (SSSR count). The number of nitrogens with one attached hydrogen (secondary N) is 1. The largest absolute Gasteiger partial charge is 0.507 e. The van der Waals surface area contributed by atoms with Gasteiger partial charge in [-0.25, -0.2) is 0 Å². The molecule has 3 unspecified atom stereocenters. The molecule has 1 fully saturated rings. The lowest BCUT2D eigenvalue weighted by molar-refractivity contribution is 0.260. The van der Waals surface area contributed by atoms with Gasteiger partial charge in [0.1, 0.15) is 5.75 Å². The van der Waals surface area contributed by atoms with Crippen molar-refractivity contribution < 1.29 is 5.11 Å². The van der Waals surface area contributed by atoms with Crippen LogP contribution in [0.15, 0.2) is 6.07 Å². The molecule has 2 aliphatic rings. The van der Waals surface area contributed by atoms with Crippen molar-refractivity contribution in [3.8, 4) is 5.75 Å². The van der Waals surface area contributed by atoms with Crippen LogP contribution >= 0.6 is 0 Å². The highest BCUT2D eigenvalue weighted by Crippen LogP contribution is 2.56. The van der Waals surface area contributed by atoms with E-state index in [1.54, 1.807) is 0 Å². The normalized spacial score (nSPS) is 25.0. The number of fused-ring (bicyclic) bond motifs is 3. The number of aryl methyl sites for hydroxylation is 2. The highest BCUT2D eigenvalue weighted by atomic mass is 16.3. The van der Waals surface area contributed by atoms with Gasteiger partial charge in [0.05, 0.1) is 0 Å². The van der Waals surface area contributed by atoms with Crippen LogP contribution in [0.3, 0.4) is 0 Å². The molecule has 0 saturated heterocycles. The van der Waals surface area contributed by atoms with Gasteiger partial charge in [0.25, 0.3) is 0 Å². The van der Waals surface area contributed by atoms with Gasteiger partial charge in [0.15, 0.2) is 0 Å². The summed E-state index contributed by atoms with van der Waals surface area (Å²) in [4.78, 5) is 0. The van der Waals surface area contributed by atoms with E-state index < -0.39 is 0 Å². The van der Waals surface area contributed by atoms with Crippen molar-refractivity contribution in [2.45, 2.75) is 96.9 Å². The molecule has 2 aliphatic carbocycles. The summed E-state index contributed by atoms with van der Waals surface area (Å²) in [6, 6.07) is 2.56. The van der Waals surface area contributed by atoms with E-state index in [1.165, 1.54) is 80.9 Å². The van der Waals surface area contributed by atoms with Crippen LogP contribution in [-0.2, 0) is 0 Å². The molecule has 140 valence electrons. The molecule has 0 spiro atoms. The van der Waals surface area contributed by atoms with E-state index in [1.807, 2.05) is 0 Å². The summed E-state index contributed by atoms with van der Waals surface area (Å²) in [6.07, 6.45) is 13.3. The zero-order valence-electron chi connectivity index (χ0n) is 16.5. The Labute approximate surface area is 154 Å². The van der Waals surface area contributed by atoms with Gasteiger partial charge in [-0.3, -0.25) is 0 Å². The van der Waals surface area contributed by atoms with Gasteiger partial charge in [0, 0.05) is 11.6 Å². The van der Waals surface area contributed by atoms with Crippen LogP contribution in [0.4, 0.5) is 0 Å². The van der Waals surface area contributed by atoms with E-state index in [0.717, 1.165) is 12.1 Å². The van der Waals surface area contributed by atoms with Crippen LogP contribution in [0.2, 0.25) is 0 Å². The molecular formula is C23H37NO. The topological polar surface area (TPSA) is 32.3 Å². The van der Waals surface area contributed by atoms with Crippen LogP contribution in [-0.4, -0.2) is 11.7 Å². The second-order valence-corrected chi connectivity index (χ2v) is 8.44. The summed E-state index contributed by atoms with van der Waals surface area (Å²) >= 11 is 0. The highest BCUT2D eigenvalue weighted by molar-refractivity contribution is 5.55. The van der Waals surface area contributed by atoms with Crippen LogP contribution in [0.5, 0.6) is 5.75 Å². The Bertz CT molecular complexity index is 580.